The van der Waals surface area contributed by atoms with Crippen molar-refractivity contribution in [2.24, 2.45) is 0 Å². The minimum absolute atomic E-state index is 0.0257. The average Bonchev–Trinajstić information content (AvgIpc) is 3.31. The van der Waals surface area contributed by atoms with Crippen LogP contribution in [-0.2, 0) is 0 Å². The van der Waals surface area contributed by atoms with Gasteiger partial charge in [-0.05, 0) is 99.3 Å². The molecule has 10 aromatic rings. The SMILES string of the molecule is Cc1cc(C)c(B(c2ccc(N(c3nc(-c4ccccc4)nc(-c4cccc5ccccc45)n3)c3cc4ccccc4cc3-c3ccccc3)c(C)c2)c2c(C)cc(C)cc2C)c(C)c1. The van der Waals surface area contributed by atoms with E-state index in [9.17, 15) is 0 Å². The molecule has 0 N–H and O–H groups in total. The van der Waals surface area contributed by atoms with Gasteiger partial charge in [-0.15, -0.1) is 0 Å². The minimum atomic E-state index is 0.0257. The van der Waals surface area contributed by atoms with Crippen LogP contribution in [0.25, 0.3) is 55.4 Å². The summed E-state index contributed by atoms with van der Waals surface area (Å²) in [6.07, 6.45) is 0. The van der Waals surface area contributed by atoms with E-state index in [0.717, 1.165) is 60.7 Å². The van der Waals surface area contributed by atoms with Gasteiger partial charge < -0.3 is 0 Å². The van der Waals surface area contributed by atoms with Crippen LogP contribution in [0.3, 0.4) is 0 Å². The van der Waals surface area contributed by atoms with Crippen LogP contribution in [0.1, 0.15) is 38.9 Å². The molecule has 0 aliphatic heterocycles. The smallest absolute Gasteiger partial charge is 0.242 e. The molecule has 65 heavy (non-hydrogen) atoms. The number of hydrogen-bond acceptors (Lipinski definition) is 4. The summed E-state index contributed by atoms with van der Waals surface area (Å²) in [5.74, 6) is 1.76. The molecule has 9 aromatic carbocycles. The van der Waals surface area contributed by atoms with Crippen LogP contribution in [0.15, 0.2) is 182 Å². The molecular weight excluding hydrogens is 787 g/mol. The molecule has 314 valence electrons. The zero-order chi connectivity index (χ0) is 44.8. The number of aryl methyl sites for hydroxylation is 7. The summed E-state index contributed by atoms with van der Waals surface area (Å²) in [5, 5.41) is 4.51. The van der Waals surface area contributed by atoms with E-state index in [2.05, 4.69) is 217 Å². The van der Waals surface area contributed by atoms with Gasteiger partial charge in [0.1, 0.15) is 0 Å². The van der Waals surface area contributed by atoms with Crippen LogP contribution < -0.4 is 21.3 Å². The molecule has 0 aliphatic carbocycles. The van der Waals surface area contributed by atoms with E-state index in [-0.39, 0.29) is 6.71 Å². The van der Waals surface area contributed by atoms with Crippen molar-refractivity contribution in [2.75, 3.05) is 4.90 Å². The van der Waals surface area contributed by atoms with Gasteiger partial charge in [0.25, 0.3) is 0 Å². The third-order valence-electron chi connectivity index (χ3n) is 12.9. The van der Waals surface area contributed by atoms with Crippen LogP contribution in [0.5, 0.6) is 0 Å². The highest BCUT2D eigenvalue weighted by Gasteiger charge is 2.31. The van der Waals surface area contributed by atoms with Crippen molar-refractivity contribution in [2.45, 2.75) is 48.5 Å². The van der Waals surface area contributed by atoms with E-state index in [1.54, 1.807) is 0 Å². The quantitative estimate of drug-likeness (QED) is 0.136. The lowest BCUT2D eigenvalue weighted by atomic mass is 9.34. The molecule has 5 heteroatoms. The summed E-state index contributed by atoms with van der Waals surface area (Å²) in [7, 11) is 0. The van der Waals surface area contributed by atoms with Crippen LogP contribution in [-0.4, -0.2) is 21.7 Å². The Balaban J connectivity index is 1.27. The molecule has 1 aromatic heterocycles. The molecule has 0 saturated heterocycles. The summed E-state index contributed by atoms with van der Waals surface area (Å²) < 4.78 is 0. The second-order valence-corrected chi connectivity index (χ2v) is 17.7. The Morgan fingerprint density at radius 3 is 1.51 bits per heavy atom. The van der Waals surface area contributed by atoms with Crippen LogP contribution in [0.4, 0.5) is 17.3 Å². The Kier molecular flexibility index (Phi) is 10.9. The van der Waals surface area contributed by atoms with E-state index >= 15 is 0 Å². The lowest BCUT2D eigenvalue weighted by molar-refractivity contribution is 1.02. The predicted molar refractivity (Wildman–Crippen MR) is 277 cm³/mol. The lowest BCUT2D eigenvalue weighted by Crippen LogP contribution is -2.56. The van der Waals surface area contributed by atoms with Crippen molar-refractivity contribution < 1.29 is 0 Å². The monoisotopic (exact) mass is 838 g/mol. The highest BCUT2D eigenvalue weighted by atomic mass is 15.3. The van der Waals surface area contributed by atoms with E-state index in [0.29, 0.717) is 17.6 Å². The Hall–Kier alpha value is -7.63. The normalized spacial score (nSPS) is 11.3. The van der Waals surface area contributed by atoms with E-state index in [1.807, 2.05) is 18.2 Å². The summed E-state index contributed by atoms with van der Waals surface area (Å²) in [4.78, 5) is 18.5. The van der Waals surface area contributed by atoms with Gasteiger partial charge in [-0.2, -0.15) is 9.97 Å². The number of hydrogen-bond donors (Lipinski definition) is 0. The second-order valence-electron chi connectivity index (χ2n) is 17.7. The lowest BCUT2D eigenvalue weighted by Gasteiger charge is -2.30. The fourth-order valence-electron chi connectivity index (χ4n) is 10.2. The van der Waals surface area contributed by atoms with Gasteiger partial charge in [-0.25, -0.2) is 4.98 Å². The van der Waals surface area contributed by atoms with Crippen LogP contribution in [0, 0.1) is 48.5 Å². The van der Waals surface area contributed by atoms with Crippen molar-refractivity contribution in [3.63, 3.8) is 0 Å². The average molecular weight is 839 g/mol. The zero-order valence-corrected chi connectivity index (χ0v) is 38.2. The molecule has 0 fully saturated rings. The third-order valence-corrected chi connectivity index (χ3v) is 12.9. The number of fused-ring (bicyclic) bond motifs is 2. The molecule has 0 aliphatic rings. The van der Waals surface area contributed by atoms with Crippen molar-refractivity contribution in [3.8, 4) is 33.9 Å². The first-order valence-corrected chi connectivity index (χ1v) is 22.6. The van der Waals surface area contributed by atoms with Gasteiger partial charge in [0, 0.05) is 16.7 Å². The van der Waals surface area contributed by atoms with Gasteiger partial charge in [0.05, 0.1) is 11.4 Å². The number of benzene rings is 9. The summed E-state index contributed by atoms with van der Waals surface area (Å²) in [6.45, 7) is 15.7. The highest BCUT2D eigenvalue weighted by Crippen LogP contribution is 2.43. The van der Waals surface area contributed by atoms with Crippen molar-refractivity contribution in [3.05, 3.63) is 221 Å². The number of aromatic nitrogens is 3. The van der Waals surface area contributed by atoms with Crippen molar-refractivity contribution >= 4 is 62.0 Å². The molecule has 0 spiro atoms. The van der Waals surface area contributed by atoms with E-state index < -0.39 is 0 Å². The fraction of sp³-hybridized carbons (Fsp3) is 0.117. The zero-order valence-electron chi connectivity index (χ0n) is 38.2. The maximum atomic E-state index is 5.51. The molecule has 0 unspecified atom stereocenters. The Bertz CT molecular complexity index is 3310. The molecule has 0 saturated carbocycles. The Labute approximate surface area is 383 Å². The summed E-state index contributed by atoms with van der Waals surface area (Å²) in [6, 6.07) is 65.3. The van der Waals surface area contributed by atoms with Gasteiger partial charge in [0.15, 0.2) is 11.6 Å². The third kappa shape index (κ3) is 7.89. The molecule has 0 amide bonds. The number of nitrogens with zero attached hydrogens (tertiary/aromatic N) is 4. The maximum absolute atomic E-state index is 5.51. The topological polar surface area (TPSA) is 41.9 Å². The molecule has 0 bridgehead atoms. The van der Waals surface area contributed by atoms with Gasteiger partial charge in [0.2, 0.25) is 12.7 Å². The summed E-state index contributed by atoms with van der Waals surface area (Å²) >= 11 is 0. The van der Waals surface area contributed by atoms with E-state index in [4.69, 9.17) is 15.0 Å². The molecule has 4 nitrogen and oxygen atoms in total. The van der Waals surface area contributed by atoms with Gasteiger partial charge in [-0.1, -0.05) is 214 Å². The molecule has 10 rings (SSSR count). The van der Waals surface area contributed by atoms with Gasteiger partial charge >= 0.3 is 0 Å². The fourth-order valence-corrected chi connectivity index (χ4v) is 10.2. The predicted octanol–water partition coefficient (Wildman–Crippen LogP) is 13.3. The van der Waals surface area contributed by atoms with Gasteiger partial charge in [-0.3, -0.25) is 4.90 Å². The second kappa shape index (κ2) is 17.2. The molecule has 1 heterocycles. The number of anilines is 3. The standard InChI is InChI=1S/C60H51BN4/c1-38-31-41(4)56(42(5)32-38)61(57-43(6)33-39(2)34-44(57)7)50-29-30-54(40(3)35-50)65(55-37-49-25-15-14-24-48(49)36-53(55)46-19-10-8-11-20-46)60-63-58(47-22-12-9-13-23-47)62-59(64-60)52-28-18-26-45-21-16-17-27-51(45)52/h8-37H,1-7H3. The van der Waals surface area contributed by atoms with Crippen LogP contribution >= 0.6 is 0 Å². The minimum Gasteiger partial charge on any atom is -0.278 e. The molecule has 0 radical (unpaired) electrons. The maximum Gasteiger partial charge on any atom is 0.242 e. The Morgan fingerprint density at radius 1 is 0.369 bits per heavy atom. The largest absolute Gasteiger partial charge is 0.278 e. The first-order valence-electron chi connectivity index (χ1n) is 22.6. The Morgan fingerprint density at radius 2 is 0.892 bits per heavy atom. The van der Waals surface area contributed by atoms with Crippen LogP contribution in [0.2, 0.25) is 0 Å². The first-order chi connectivity index (χ1) is 31.6. The number of rotatable bonds is 9. The molecule has 0 atom stereocenters. The first kappa shape index (κ1) is 41.4. The van der Waals surface area contributed by atoms with Crippen molar-refractivity contribution in [1.82, 2.24) is 15.0 Å². The molecular formula is C60H51BN4. The van der Waals surface area contributed by atoms with E-state index in [1.165, 1.54) is 49.8 Å². The summed E-state index contributed by atoms with van der Waals surface area (Å²) in [5.41, 5.74) is 18.9. The highest BCUT2D eigenvalue weighted by molar-refractivity contribution is 6.96. The van der Waals surface area contributed by atoms with Crippen molar-refractivity contribution in [1.29, 1.82) is 0 Å².